The second-order valence-corrected chi connectivity index (χ2v) is 5.78. The Labute approximate surface area is 134 Å². The molecule has 5 heteroatoms. The normalized spacial score (nSPS) is 20.6. The highest BCUT2D eigenvalue weighted by Gasteiger charge is 2.39. The Hall–Kier alpha value is -2.40. The molecule has 1 aliphatic rings. The summed E-state index contributed by atoms with van der Waals surface area (Å²) < 4.78 is 12.8. The molecule has 3 unspecified atom stereocenters. The minimum absolute atomic E-state index is 0.0835. The average molecular weight is 314 g/mol. The van der Waals surface area contributed by atoms with Gasteiger partial charge in [0.2, 0.25) is 0 Å². The molecule has 1 fully saturated rings. The lowest BCUT2D eigenvalue weighted by atomic mass is 10.1. The second kappa shape index (κ2) is 6.79. The topological polar surface area (TPSA) is 61.4 Å². The first-order valence-electron chi connectivity index (χ1n) is 7.66. The summed E-state index contributed by atoms with van der Waals surface area (Å²) in [6.45, 7) is 0.0835. The number of aliphatic hydroxyl groups is 1. The maximum atomic E-state index is 12.8. The number of urea groups is 1. The number of carbonyl (C=O) groups is 1. The lowest BCUT2D eigenvalue weighted by molar-refractivity contribution is 0.173. The van der Waals surface area contributed by atoms with Crippen molar-refractivity contribution >= 4 is 6.03 Å². The standard InChI is InChI=1S/C18H19FN2O2/c19-14-8-6-13(7-9-14)17(22)11-20-18(23)21-16-10-15(16)12-4-2-1-3-5-12/h1-9,15-17,22H,10-11H2,(H2,20,21,23). The zero-order chi connectivity index (χ0) is 16.2. The Bertz CT molecular complexity index is 660. The van der Waals surface area contributed by atoms with Crippen LogP contribution in [0.1, 0.15) is 29.6 Å². The third-order valence-electron chi connectivity index (χ3n) is 4.05. The van der Waals surface area contributed by atoms with Gasteiger partial charge >= 0.3 is 6.03 Å². The highest BCUT2D eigenvalue weighted by Crippen LogP contribution is 2.40. The van der Waals surface area contributed by atoms with E-state index in [1.807, 2.05) is 18.2 Å². The molecule has 2 amide bonds. The Kier molecular flexibility index (Phi) is 4.57. The molecule has 3 rings (SSSR count). The lowest BCUT2D eigenvalue weighted by Gasteiger charge is -2.13. The number of carbonyl (C=O) groups excluding carboxylic acids is 1. The molecule has 23 heavy (non-hydrogen) atoms. The molecule has 2 aromatic rings. The first-order valence-corrected chi connectivity index (χ1v) is 7.66. The molecule has 0 aromatic heterocycles. The van der Waals surface area contributed by atoms with Gasteiger partial charge in [0.05, 0.1) is 6.10 Å². The minimum Gasteiger partial charge on any atom is -0.387 e. The van der Waals surface area contributed by atoms with Crippen molar-refractivity contribution in [2.75, 3.05) is 6.54 Å². The zero-order valence-corrected chi connectivity index (χ0v) is 12.6. The summed E-state index contributed by atoms with van der Waals surface area (Å²) >= 11 is 0. The molecule has 0 radical (unpaired) electrons. The molecule has 2 aromatic carbocycles. The fourth-order valence-electron chi connectivity index (χ4n) is 2.63. The van der Waals surface area contributed by atoms with Gasteiger partial charge in [0.15, 0.2) is 0 Å². The Morgan fingerprint density at radius 2 is 1.87 bits per heavy atom. The SMILES string of the molecule is O=C(NCC(O)c1ccc(F)cc1)NC1CC1c1ccccc1. The van der Waals surface area contributed by atoms with Crippen molar-refractivity contribution in [2.24, 2.45) is 0 Å². The van der Waals surface area contributed by atoms with E-state index in [1.165, 1.54) is 29.8 Å². The van der Waals surface area contributed by atoms with Crippen molar-refractivity contribution in [2.45, 2.75) is 24.5 Å². The smallest absolute Gasteiger partial charge is 0.315 e. The van der Waals surface area contributed by atoms with Crippen LogP contribution in [-0.4, -0.2) is 23.7 Å². The first kappa shape index (κ1) is 15.5. The summed E-state index contributed by atoms with van der Waals surface area (Å²) in [6.07, 6.45) is 0.0725. The molecule has 0 aliphatic heterocycles. The van der Waals surface area contributed by atoms with Gasteiger partial charge in [0.25, 0.3) is 0 Å². The second-order valence-electron chi connectivity index (χ2n) is 5.78. The first-order chi connectivity index (χ1) is 11.1. The van der Waals surface area contributed by atoms with Gasteiger partial charge in [-0.1, -0.05) is 42.5 Å². The molecule has 0 spiro atoms. The van der Waals surface area contributed by atoms with E-state index >= 15 is 0 Å². The molecular weight excluding hydrogens is 295 g/mol. The highest BCUT2D eigenvalue weighted by molar-refractivity contribution is 5.75. The number of hydrogen-bond acceptors (Lipinski definition) is 2. The summed E-state index contributed by atoms with van der Waals surface area (Å²) in [5.41, 5.74) is 1.80. The summed E-state index contributed by atoms with van der Waals surface area (Å²) in [5, 5.41) is 15.5. The van der Waals surface area contributed by atoms with Crippen molar-refractivity contribution in [3.05, 3.63) is 71.5 Å². The van der Waals surface area contributed by atoms with Gasteiger partial charge in [-0.3, -0.25) is 0 Å². The van der Waals surface area contributed by atoms with Crippen LogP contribution in [0.15, 0.2) is 54.6 Å². The van der Waals surface area contributed by atoms with Crippen LogP contribution in [0.5, 0.6) is 0 Å². The number of hydrogen-bond donors (Lipinski definition) is 3. The predicted molar refractivity (Wildman–Crippen MR) is 85.5 cm³/mol. The molecule has 3 atom stereocenters. The Morgan fingerprint density at radius 1 is 1.17 bits per heavy atom. The van der Waals surface area contributed by atoms with E-state index in [4.69, 9.17) is 0 Å². The van der Waals surface area contributed by atoms with Crippen molar-refractivity contribution in [3.63, 3.8) is 0 Å². The summed E-state index contributed by atoms with van der Waals surface area (Å²) in [6, 6.07) is 15.5. The van der Waals surface area contributed by atoms with Crippen molar-refractivity contribution in [1.82, 2.24) is 10.6 Å². The maximum absolute atomic E-state index is 12.8. The Morgan fingerprint density at radius 3 is 2.57 bits per heavy atom. The van der Waals surface area contributed by atoms with Gasteiger partial charge in [-0.2, -0.15) is 0 Å². The third kappa shape index (κ3) is 4.07. The van der Waals surface area contributed by atoms with Gasteiger partial charge in [-0.05, 0) is 29.7 Å². The predicted octanol–water partition coefficient (Wildman–Crippen LogP) is 2.71. The molecule has 1 aliphatic carbocycles. The van der Waals surface area contributed by atoms with Gasteiger partial charge in [0.1, 0.15) is 5.82 Å². The molecule has 3 N–H and O–H groups in total. The van der Waals surface area contributed by atoms with E-state index < -0.39 is 6.10 Å². The van der Waals surface area contributed by atoms with Crippen LogP contribution in [0.25, 0.3) is 0 Å². The maximum Gasteiger partial charge on any atom is 0.315 e. The lowest BCUT2D eigenvalue weighted by Crippen LogP contribution is -2.39. The number of aliphatic hydroxyl groups excluding tert-OH is 1. The molecular formula is C18H19FN2O2. The van der Waals surface area contributed by atoms with E-state index in [-0.39, 0.29) is 24.4 Å². The molecule has 0 heterocycles. The van der Waals surface area contributed by atoms with E-state index in [1.54, 1.807) is 0 Å². The van der Waals surface area contributed by atoms with Crippen molar-refractivity contribution in [3.8, 4) is 0 Å². The van der Waals surface area contributed by atoms with Crippen molar-refractivity contribution < 1.29 is 14.3 Å². The van der Waals surface area contributed by atoms with Gasteiger partial charge in [-0.15, -0.1) is 0 Å². The third-order valence-corrected chi connectivity index (χ3v) is 4.05. The van der Waals surface area contributed by atoms with E-state index in [2.05, 4.69) is 22.8 Å². The number of rotatable bonds is 5. The summed E-state index contributed by atoms with van der Waals surface area (Å²) in [5.74, 6) is 0.0105. The number of nitrogens with one attached hydrogen (secondary N) is 2. The fourth-order valence-corrected chi connectivity index (χ4v) is 2.63. The largest absolute Gasteiger partial charge is 0.387 e. The Balaban J connectivity index is 1.43. The van der Waals surface area contributed by atoms with E-state index in [9.17, 15) is 14.3 Å². The highest BCUT2D eigenvalue weighted by atomic mass is 19.1. The number of amides is 2. The van der Waals surface area contributed by atoms with Crippen molar-refractivity contribution in [1.29, 1.82) is 0 Å². The molecule has 120 valence electrons. The van der Waals surface area contributed by atoms with Gasteiger partial charge in [0, 0.05) is 18.5 Å². The van der Waals surface area contributed by atoms with Crippen LogP contribution in [0.3, 0.4) is 0 Å². The quantitative estimate of drug-likeness (QED) is 0.794. The van der Waals surface area contributed by atoms with Crippen LogP contribution >= 0.6 is 0 Å². The van der Waals surface area contributed by atoms with Gasteiger partial charge in [-0.25, -0.2) is 9.18 Å². The molecule has 0 bridgehead atoms. The van der Waals surface area contributed by atoms with Crippen LogP contribution in [0.4, 0.5) is 9.18 Å². The zero-order valence-electron chi connectivity index (χ0n) is 12.6. The number of benzene rings is 2. The molecule has 4 nitrogen and oxygen atoms in total. The molecule has 1 saturated carbocycles. The minimum atomic E-state index is -0.856. The average Bonchev–Trinajstić information content (AvgIpc) is 3.33. The van der Waals surface area contributed by atoms with Crippen LogP contribution in [-0.2, 0) is 0 Å². The number of halogens is 1. The summed E-state index contributed by atoms with van der Waals surface area (Å²) in [7, 11) is 0. The van der Waals surface area contributed by atoms with Crippen LogP contribution in [0, 0.1) is 5.82 Å². The van der Waals surface area contributed by atoms with E-state index in [0.717, 1.165) is 6.42 Å². The van der Waals surface area contributed by atoms with Crippen LogP contribution < -0.4 is 10.6 Å². The summed E-state index contributed by atoms with van der Waals surface area (Å²) in [4.78, 5) is 11.9. The van der Waals surface area contributed by atoms with Gasteiger partial charge < -0.3 is 15.7 Å². The molecule has 0 saturated heterocycles. The monoisotopic (exact) mass is 314 g/mol. The fraction of sp³-hybridized carbons (Fsp3) is 0.278. The van der Waals surface area contributed by atoms with Crippen LogP contribution in [0.2, 0.25) is 0 Å². The van der Waals surface area contributed by atoms with E-state index in [0.29, 0.717) is 11.5 Å².